The Kier molecular flexibility index (Phi) is 2.95. The molecule has 0 amide bonds. The molecule has 0 fully saturated rings. The van der Waals surface area contributed by atoms with Gasteiger partial charge in [0.2, 0.25) is 0 Å². The van der Waals surface area contributed by atoms with E-state index in [1.165, 1.54) is 5.57 Å². The lowest BCUT2D eigenvalue weighted by molar-refractivity contribution is 0.786. The number of hydrogen-bond acceptors (Lipinski definition) is 3. The van der Waals surface area contributed by atoms with Crippen molar-refractivity contribution in [3.8, 4) is 0 Å². The van der Waals surface area contributed by atoms with Crippen LogP contribution in [-0.2, 0) is 0 Å². The van der Waals surface area contributed by atoms with Crippen molar-refractivity contribution in [3.05, 3.63) is 40.4 Å². The van der Waals surface area contributed by atoms with Crippen LogP contribution in [0.5, 0.6) is 0 Å². The van der Waals surface area contributed by atoms with Gasteiger partial charge in [-0.2, -0.15) is 0 Å². The summed E-state index contributed by atoms with van der Waals surface area (Å²) in [5.41, 5.74) is 14.7. The van der Waals surface area contributed by atoms with E-state index in [1.54, 1.807) is 6.07 Å². The smallest absolute Gasteiger partial charge is 0.0639 e. The molecule has 1 atom stereocenters. The van der Waals surface area contributed by atoms with Crippen LogP contribution in [0.15, 0.2) is 29.8 Å². The van der Waals surface area contributed by atoms with Crippen molar-refractivity contribution in [2.45, 2.75) is 6.04 Å². The van der Waals surface area contributed by atoms with Crippen LogP contribution >= 0.6 is 11.6 Å². The van der Waals surface area contributed by atoms with Crippen LogP contribution in [0.2, 0.25) is 5.02 Å². The zero-order chi connectivity index (χ0) is 10.8. The zero-order valence-corrected chi connectivity index (χ0v) is 9.09. The lowest BCUT2D eigenvalue weighted by Gasteiger charge is -2.16. The summed E-state index contributed by atoms with van der Waals surface area (Å²) in [4.78, 5) is 0. The van der Waals surface area contributed by atoms with Crippen molar-refractivity contribution in [1.82, 2.24) is 5.32 Å². The Bertz CT molecular complexity index is 401. The molecule has 0 aromatic heterocycles. The first-order chi connectivity index (χ1) is 7.20. The predicted octanol–water partition coefficient (Wildman–Crippen LogP) is 1.45. The maximum Gasteiger partial charge on any atom is 0.0639 e. The van der Waals surface area contributed by atoms with E-state index in [4.69, 9.17) is 23.1 Å². The summed E-state index contributed by atoms with van der Waals surface area (Å²) in [5.74, 6) is 0. The standard InChI is InChI=1S/C11H14ClN3/c12-9-3-1-2-8(11(9)14)10(13)7-4-5-15-6-7/h1-4,10,15H,5-6,13-14H2. The SMILES string of the molecule is Nc1c(Cl)cccc1C(N)C1=CCNC1. The van der Waals surface area contributed by atoms with Crippen LogP contribution < -0.4 is 16.8 Å². The second kappa shape index (κ2) is 4.23. The number of para-hydroxylation sites is 1. The third-order valence-corrected chi connectivity index (χ3v) is 2.99. The van der Waals surface area contributed by atoms with Gasteiger partial charge in [-0.15, -0.1) is 0 Å². The van der Waals surface area contributed by atoms with E-state index in [0.29, 0.717) is 10.7 Å². The summed E-state index contributed by atoms with van der Waals surface area (Å²) in [6.45, 7) is 1.70. The maximum absolute atomic E-state index is 6.12. The quantitative estimate of drug-likeness (QED) is 0.525. The molecule has 1 heterocycles. The summed E-state index contributed by atoms with van der Waals surface area (Å²) >= 11 is 5.95. The van der Waals surface area contributed by atoms with Gasteiger partial charge in [-0.3, -0.25) is 0 Å². The molecule has 80 valence electrons. The van der Waals surface area contributed by atoms with E-state index >= 15 is 0 Å². The van der Waals surface area contributed by atoms with Crippen molar-refractivity contribution in [2.24, 2.45) is 5.73 Å². The molecule has 1 aromatic rings. The maximum atomic E-state index is 6.12. The minimum absolute atomic E-state index is 0.154. The Hall–Kier alpha value is -1.03. The Balaban J connectivity index is 2.32. The van der Waals surface area contributed by atoms with E-state index in [2.05, 4.69) is 11.4 Å². The summed E-state index contributed by atoms with van der Waals surface area (Å²) in [6.07, 6.45) is 2.10. The average molecular weight is 224 g/mol. The normalized spacial score (nSPS) is 17.6. The fraction of sp³-hybridized carbons (Fsp3) is 0.273. The second-order valence-corrected chi connectivity index (χ2v) is 4.04. The number of nitrogens with one attached hydrogen (secondary N) is 1. The largest absolute Gasteiger partial charge is 0.397 e. The fourth-order valence-electron chi connectivity index (χ4n) is 1.75. The number of nitrogen functional groups attached to an aromatic ring is 1. The van der Waals surface area contributed by atoms with Gasteiger partial charge in [-0.25, -0.2) is 0 Å². The van der Waals surface area contributed by atoms with E-state index in [9.17, 15) is 0 Å². The average Bonchev–Trinajstić information content (AvgIpc) is 2.74. The molecule has 1 aliphatic rings. The first-order valence-corrected chi connectivity index (χ1v) is 5.27. The monoisotopic (exact) mass is 223 g/mol. The van der Waals surface area contributed by atoms with Crippen molar-refractivity contribution < 1.29 is 0 Å². The van der Waals surface area contributed by atoms with Gasteiger partial charge < -0.3 is 16.8 Å². The molecule has 1 aromatic carbocycles. The summed E-state index contributed by atoms with van der Waals surface area (Å²) < 4.78 is 0. The summed E-state index contributed by atoms with van der Waals surface area (Å²) in [6, 6.07) is 5.41. The molecular formula is C11H14ClN3. The van der Waals surface area contributed by atoms with E-state index in [-0.39, 0.29) is 6.04 Å². The fourth-order valence-corrected chi connectivity index (χ4v) is 1.94. The van der Waals surface area contributed by atoms with Gasteiger partial charge in [0.25, 0.3) is 0 Å². The minimum Gasteiger partial charge on any atom is -0.397 e. The Labute approximate surface area is 94.1 Å². The van der Waals surface area contributed by atoms with E-state index in [0.717, 1.165) is 18.7 Å². The highest BCUT2D eigenvalue weighted by molar-refractivity contribution is 6.33. The molecule has 2 rings (SSSR count). The highest BCUT2D eigenvalue weighted by atomic mass is 35.5. The van der Waals surface area contributed by atoms with Gasteiger partial charge >= 0.3 is 0 Å². The highest BCUT2D eigenvalue weighted by Crippen LogP contribution is 2.30. The van der Waals surface area contributed by atoms with Gasteiger partial charge in [0.1, 0.15) is 0 Å². The molecule has 1 aliphatic heterocycles. The molecule has 3 nitrogen and oxygen atoms in total. The van der Waals surface area contributed by atoms with Gasteiger partial charge in [-0.1, -0.05) is 29.8 Å². The lowest BCUT2D eigenvalue weighted by Crippen LogP contribution is -2.19. The Morgan fingerprint density at radius 3 is 2.87 bits per heavy atom. The van der Waals surface area contributed by atoms with Crippen LogP contribution in [0.4, 0.5) is 5.69 Å². The molecule has 1 unspecified atom stereocenters. The van der Waals surface area contributed by atoms with E-state index in [1.807, 2.05) is 12.1 Å². The zero-order valence-electron chi connectivity index (χ0n) is 8.33. The predicted molar refractivity (Wildman–Crippen MR) is 63.7 cm³/mol. The van der Waals surface area contributed by atoms with Gasteiger partial charge in [-0.05, 0) is 17.2 Å². The van der Waals surface area contributed by atoms with Crippen molar-refractivity contribution in [1.29, 1.82) is 0 Å². The number of anilines is 1. The number of hydrogen-bond donors (Lipinski definition) is 3. The summed E-state index contributed by atoms with van der Waals surface area (Å²) in [7, 11) is 0. The first-order valence-electron chi connectivity index (χ1n) is 4.89. The number of halogens is 1. The van der Waals surface area contributed by atoms with Crippen molar-refractivity contribution in [2.75, 3.05) is 18.8 Å². The number of benzene rings is 1. The summed E-state index contributed by atoms with van der Waals surface area (Å²) in [5, 5.41) is 3.78. The molecule has 0 spiro atoms. The first kappa shape index (κ1) is 10.5. The second-order valence-electron chi connectivity index (χ2n) is 3.63. The highest BCUT2D eigenvalue weighted by Gasteiger charge is 2.17. The molecule has 0 saturated heterocycles. The van der Waals surface area contributed by atoms with E-state index < -0.39 is 0 Å². The lowest BCUT2D eigenvalue weighted by atomic mass is 9.99. The molecule has 0 saturated carbocycles. The Morgan fingerprint density at radius 1 is 1.40 bits per heavy atom. The third kappa shape index (κ3) is 2.00. The Morgan fingerprint density at radius 2 is 2.20 bits per heavy atom. The topological polar surface area (TPSA) is 64.1 Å². The molecule has 0 aliphatic carbocycles. The molecule has 0 bridgehead atoms. The van der Waals surface area contributed by atoms with Crippen molar-refractivity contribution in [3.63, 3.8) is 0 Å². The van der Waals surface area contributed by atoms with Crippen LogP contribution in [0.1, 0.15) is 11.6 Å². The van der Waals surface area contributed by atoms with Gasteiger partial charge in [0.05, 0.1) is 16.8 Å². The van der Waals surface area contributed by atoms with Crippen molar-refractivity contribution >= 4 is 17.3 Å². The molecular weight excluding hydrogens is 210 g/mol. The molecule has 0 radical (unpaired) electrons. The number of rotatable bonds is 2. The van der Waals surface area contributed by atoms with Crippen LogP contribution in [0.25, 0.3) is 0 Å². The van der Waals surface area contributed by atoms with Crippen LogP contribution in [-0.4, -0.2) is 13.1 Å². The molecule has 15 heavy (non-hydrogen) atoms. The van der Waals surface area contributed by atoms with Crippen LogP contribution in [0.3, 0.4) is 0 Å². The minimum atomic E-state index is -0.154. The van der Waals surface area contributed by atoms with Gasteiger partial charge in [0, 0.05) is 13.1 Å². The molecule has 4 heteroatoms. The van der Waals surface area contributed by atoms with Crippen LogP contribution in [0, 0.1) is 0 Å². The molecule has 5 N–H and O–H groups in total. The van der Waals surface area contributed by atoms with Gasteiger partial charge in [0.15, 0.2) is 0 Å². The number of nitrogens with two attached hydrogens (primary N) is 2. The third-order valence-electron chi connectivity index (χ3n) is 2.66.